The van der Waals surface area contributed by atoms with Crippen LogP contribution in [0, 0.1) is 28.6 Å². The lowest BCUT2D eigenvalue weighted by molar-refractivity contribution is 0.0844. The van der Waals surface area contributed by atoms with Gasteiger partial charge in [-0.3, -0.25) is 0 Å². The average molecular weight is 248 g/mol. The van der Waals surface area contributed by atoms with Crippen molar-refractivity contribution in [3.8, 4) is 6.07 Å². The SMILES string of the molecule is CC(C)(C#N)CCCCN1CC2CCCC(C2)C1. The highest BCUT2D eigenvalue weighted by molar-refractivity contribution is 4.91. The van der Waals surface area contributed by atoms with Gasteiger partial charge in [0.05, 0.1) is 11.5 Å². The van der Waals surface area contributed by atoms with Crippen molar-refractivity contribution in [2.75, 3.05) is 19.6 Å². The van der Waals surface area contributed by atoms with Crippen molar-refractivity contribution in [1.29, 1.82) is 5.26 Å². The van der Waals surface area contributed by atoms with Crippen molar-refractivity contribution in [3.63, 3.8) is 0 Å². The molecular weight excluding hydrogens is 220 g/mol. The van der Waals surface area contributed by atoms with Crippen molar-refractivity contribution in [1.82, 2.24) is 4.90 Å². The van der Waals surface area contributed by atoms with Crippen LogP contribution in [-0.4, -0.2) is 24.5 Å². The molecule has 2 bridgehead atoms. The first kappa shape index (κ1) is 13.9. The Hall–Kier alpha value is -0.550. The van der Waals surface area contributed by atoms with Gasteiger partial charge in [-0.25, -0.2) is 0 Å². The van der Waals surface area contributed by atoms with Gasteiger partial charge in [0.15, 0.2) is 0 Å². The van der Waals surface area contributed by atoms with Crippen LogP contribution in [0.3, 0.4) is 0 Å². The third-order valence-electron chi connectivity index (χ3n) is 4.75. The first-order valence-electron chi connectivity index (χ1n) is 7.73. The molecule has 0 spiro atoms. The summed E-state index contributed by atoms with van der Waals surface area (Å²) in [4.78, 5) is 2.69. The maximum absolute atomic E-state index is 8.99. The molecule has 2 rings (SSSR count). The van der Waals surface area contributed by atoms with E-state index in [9.17, 15) is 0 Å². The second kappa shape index (κ2) is 6.06. The lowest BCUT2D eigenvalue weighted by Gasteiger charge is -2.41. The smallest absolute Gasteiger partial charge is 0.0683 e. The van der Waals surface area contributed by atoms with E-state index in [1.165, 1.54) is 58.2 Å². The molecule has 0 aromatic heterocycles. The third kappa shape index (κ3) is 3.99. The summed E-state index contributed by atoms with van der Waals surface area (Å²) in [5.41, 5.74) is -0.127. The number of hydrogen-bond acceptors (Lipinski definition) is 2. The normalized spacial score (nSPS) is 28.9. The monoisotopic (exact) mass is 248 g/mol. The Morgan fingerprint density at radius 1 is 1.17 bits per heavy atom. The van der Waals surface area contributed by atoms with Gasteiger partial charge < -0.3 is 4.90 Å². The summed E-state index contributed by atoms with van der Waals surface area (Å²) in [6, 6.07) is 2.40. The number of rotatable bonds is 5. The van der Waals surface area contributed by atoms with E-state index in [1.807, 2.05) is 0 Å². The van der Waals surface area contributed by atoms with Crippen LogP contribution in [-0.2, 0) is 0 Å². The summed E-state index contributed by atoms with van der Waals surface area (Å²) in [5.74, 6) is 1.99. The van der Waals surface area contributed by atoms with Crippen molar-refractivity contribution < 1.29 is 0 Å². The molecule has 2 fully saturated rings. The number of hydrogen-bond donors (Lipinski definition) is 0. The highest BCUT2D eigenvalue weighted by Crippen LogP contribution is 2.34. The van der Waals surface area contributed by atoms with E-state index in [-0.39, 0.29) is 5.41 Å². The molecule has 1 heterocycles. The van der Waals surface area contributed by atoms with Crippen LogP contribution in [0.1, 0.15) is 58.8 Å². The summed E-state index contributed by atoms with van der Waals surface area (Å²) in [6.07, 6.45) is 9.42. The van der Waals surface area contributed by atoms with E-state index in [2.05, 4.69) is 24.8 Å². The van der Waals surface area contributed by atoms with Gasteiger partial charge in [0.25, 0.3) is 0 Å². The zero-order valence-corrected chi connectivity index (χ0v) is 12.1. The molecule has 1 aliphatic heterocycles. The molecule has 1 saturated heterocycles. The molecule has 0 aromatic carbocycles. The topological polar surface area (TPSA) is 27.0 Å². The van der Waals surface area contributed by atoms with E-state index in [0.29, 0.717) is 0 Å². The number of piperidine rings is 1. The maximum atomic E-state index is 8.99. The fraction of sp³-hybridized carbons (Fsp3) is 0.938. The lowest BCUT2D eigenvalue weighted by Crippen LogP contribution is -2.42. The maximum Gasteiger partial charge on any atom is 0.0683 e. The van der Waals surface area contributed by atoms with Gasteiger partial charge in [-0.15, -0.1) is 0 Å². The van der Waals surface area contributed by atoms with Crippen molar-refractivity contribution in [2.24, 2.45) is 17.3 Å². The van der Waals surface area contributed by atoms with Crippen molar-refractivity contribution >= 4 is 0 Å². The Bertz CT molecular complexity index is 291. The quantitative estimate of drug-likeness (QED) is 0.691. The molecule has 2 heteroatoms. The predicted octanol–water partition coefficient (Wildman–Crippen LogP) is 3.83. The first-order valence-corrected chi connectivity index (χ1v) is 7.73. The third-order valence-corrected chi connectivity index (χ3v) is 4.75. The molecule has 0 aromatic rings. The molecule has 2 unspecified atom stereocenters. The molecule has 0 amide bonds. The summed E-state index contributed by atoms with van der Waals surface area (Å²) in [6.45, 7) is 8.06. The van der Waals surface area contributed by atoms with Crippen LogP contribution in [0.4, 0.5) is 0 Å². The van der Waals surface area contributed by atoms with Gasteiger partial charge in [-0.2, -0.15) is 5.26 Å². The van der Waals surface area contributed by atoms with Gasteiger partial charge in [0, 0.05) is 13.1 Å². The summed E-state index contributed by atoms with van der Waals surface area (Å²) in [7, 11) is 0. The second-order valence-electron chi connectivity index (χ2n) is 7.11. The summed E-state index contributed by atoms with van der Waals surface area (Å²) >= 11 is 0. The molecule has 18 heavy (non-hydrogen) atoms. The number of fused-ring (bicyclic) bond motifs is 2. The van der Waals surface area contributed by atoms with Gasteiger partial charge >= 0.3 is 0 Å². The zero-order valence-electron chi connectivity index (χ0n) is 12.1. The van der Waals surface area contributed by atoms with Crippen LogP contribution in [0.15, 0.2) is 0 Å². The van der Waals surface area contributed by atoms with Crippen LogP contribution >= 0.6 is 0 Å². The number of likely N-dealkylation sites (tertiary alicyclic amines) is 1. The average Bonchev–Trinajstić information content (AvgIpc) is 2.34. The fourth-order valence-electron chi connectivity index (χ4n) is 3.68. The highest BCUT2D eigenvalue weighted by Gasteiger charge is 2.29. The van der Waals surface area contributed by atoms with E-state index < -0.39 is 0 Å². The summed E-state index contributed by atoms with van der Waals surface area (Å²) in [5, 5.41) is 8.99. The van der Waals surface area contributed by atoms with E-state index in [0.717, 1.165) is 18.3 Å². The van der Waals surface area contributed by atoms with Crippen LogP contribution in [0.2, 0.25) is 0 Å². The van der Waals surface area contributed by atoms with Gasteiger partial charge in [-0.05, 0) is 64.3 Å². The minimum absolute atomic E-state index is 0.127. The number of nitriles is 1. The number of unbranched alkanes of at least 4 members (excludes halogenated alkanes) is 1. The molecule has 2 atom stereocenters. The molecule has 1 aliphatic carbocycles. The molecule has 2 nitrogen and oxygen atoms in total. The molecule has 0 N–H and O–H groups in total. The van der Waals surface area contributed by atoms with Crippen molar-refractivity contribution in [3.05, 3.63) is 0 Å². The highest BCUT2D eigenvalue weighted by atomic mass is 15.1. The zero-order chi connectivity index (χ0) is 13.0. The molecule has 0 radical (unpaired) electrons. The molecule has 1 saturated carbocycles. The van der Waals surface area contributed by atoms with E-state index >= 15 is 0 Å². The van der Waals surface area contributed by atoms with Crippen LogP contribution in [0.25, 0.3) is 0 Å². The number of nitrogens with zero attached hydrogens (tertiary/aromatic N) is 2. The Morgan fingerprint density at radius 2 is 1.83 bits per heavy atom. The fourth-order valence-corrected chi connectivity index (χ4v) is 3.68. The summed E-state index contributed by atoms with van der Waals surface area (Å²) < 4.78 is 0. The predicted molar refractivity (Wildman–Crippen MR) is 75.1 cm³/mol. The largest absolute Gasteiger partial charge is 0.303 e. The first-order chi connectivity index (χ1) is 8.59. The Morgan fingerprint density at radius 3 is 2.44 bits per heavy atom. The van der Waals surface area contributed by atoms with Crippen molar-refractivity contribution in [2.45, 2.75) is 58.8 Å². The van der Waals surface area contributed by atoms with Crippen LogP contribution in [0.5, 0.6) is 0 Å². The Kier molecular flexibility index (Phi) is 4.67. The van der Waals surface area contributed by atoms with Gasteiger partial charge in [0.1, 0.15) is 0 Å². The molecule has 2 aliphatic rings. The van der Waals surface area contributed by atoms with Crippen LogP contribution < -0.4 is 0 Å². The van der Waals surface area contributed by atoms with E-state index in [4.69, 9.17) is 5.26 Å². The standard InChI is InChI=1S/C16H28N2/c1-16(2,13-17)8-3-4-9-18-11-14-6-5-7-15(10-14)12-18/h14-15H,3-12H2,1-2H3. The second-order valence-corrected chi connectivity index (χ2v) is 7.11. The minimum atomic E-state index is -0.127. The Labute approximate surface area is 112 Å². The lowest BCUT2D eigenvalue weighted by atomic mass is 9.78. The van der Waals surface area contributed by atoms with Gasteiger partial charge in [0.2, 0.25) is 0 Å². The minimum Gasteiger partial charge on any atom is -0.303 e. The van der Waals surface area contributed by atoms with E-state index in [1.54, 1.807) is 0 Å². The van der Waals surface area contributed by atoms with Gasteiger partial charge in [-0.1, -0.05) is 12.8 Å². The Balaban J connectivity index is 1.64. The molecular formula is C16H28N2. The molecule has 102 valence electrons.